The van der Waals surface area contributed by atoms with Crippen molar-refractivity contribution in [2.75, 3.05) is 12.3 Å². The monoisotopic (exact) mass is 264 g/mol. The number of anilines is 1. The maximum absolute atomic E-state index is 13.4. The Bertz CT molecular complexity index is 565. The second kappa shape index (κ2) is 5.94. The summed E-state index contributed by atoms with van der Waals surface area (Å²) in [6, 6.07) is 5.87. The average molecular weight is 264 g/mol. The van der Waals surface area contributed by atoms with Gasteiger partial charge in [0, 0.05) is 0 Å². The molecule has 0 radical (unpaired) electrons. The highest BCUT2D eigenvalue weighted by Crippen LogP contribution is 2.22. The Morgan fingerprint density at radius 3 is 2.63 bits per heavy atom. The summed E-state index contributed by atoms with van der Waals surface area (Å²) in [5, 5.41) is 0. The van der Waals surface area contributed by atoms with Gasteiger partial charge in [-0.15, -0.1) is 4.98 Å². The van der Waals surface area contributed by atoms with Gasteiger partial charge in [-0.05, 0) is 18.6 Å². The van der Waals surface area contributed by atoms with Gasteiger partial charge in [-0.25, -0.2) is 4.39 Å². The van der Waals surface area contributed by atoms with Gasteiger partial charge in [0.15, 0.2) is 11.6 Å². The third-order valence-corrected chi connectivity index (χ3v) is 2.08. The van der Waals surface area contributed by atoms with Gasteiger partial charge in [0.05, 0.1) is 6.61 Å². The summed E-state index contributed by atoms with van der Waals surface area (Å²) in [6.45, 7) is 2.39. The smallest absolute Gasteiger partial charge is 0.330 e. The standard InChI is InChI=1S/C12H13FN4O2/c1-2-7-18-11-15-10(14)16-12(17-11)19-9-6-4-3-5-8(9)13/h3-6H,2,7H2,1H3,(H2,14,15,16,17). The topological polar surface area (TPSA) is 83.2 Å². The second-order valence-corrected chi connectivity index (χ2v) is 3.64. The van der Waals surface area contributed by atoms with Crippen molar-refractivity contribution in [1.29, 1.82) is 0 Å². The fraction of sp³-hybridized carbons (Fsp3) is 0.250. The second-order valence-electron chi connectivity index (χ2n) is 3.64. The minimum Gasteiger partial charge on any atom is -0.463 e. The Morgan fingerprint density at radius 2 is 1.89 bits per heavy atom. The summed E-state index contributed by atoms with van der Waals surface area (Å²) >= 11 is 0. The van der Waals surface area contributed by atoms with Crippen molar-refractivity contribution >= 4 is 5.95 Å². The maximum Gasteiger partial charge on any atom is 0.330 e. The summed E-state index contributed by atoms with van der Waals surface area (Å²) < 4.78 is 23.9. The lowest BCUT2D eigenvalue weighted by Crippen LogP contribution is -2.06. The van der Waals surface area contributed by atoms with Gasteiger partial charge >= 0.3 is 12.0 Å². The molecule has 0 fully saturated rings. The molecular weight excluding hydrogens is 251 g/mol. The zero-order chi connectivity index (χ0) is 13.7. The van der Waals surface area contributed by atoms with Crippen molar-refractivity contribution in [2.45, 2.75) is 13.3 Å². The molecule has 100 valence electrons. The molecule has 0 aliphatic rings. The molecular formula is C12H13FN4O2. The van der Waals surface area contributed by atoms with E-state index in [0.717, 1.165) is 6.42 Å². The summed E-state index contributed by atoms with van der Waals surface area (Å²) in [5.74, 6) is -0.556. The number of hydrogen-bond donors (Lipinski definition) is 1. The molecule has 1 aromatic heterocycles. The normalized spacial score (nSPS) is 10.2. The van der Waals surface area contributed by atoms with E-state index in [2.05, 4.69) is 15.0 Å². The first-order chi connectivity index (χ1) is 9.19. The third kappa shape index (κ3) is 3.51. The van der Waals surface area contributed by atoms with Crippen molar-refractivity contribution in [3.05, 3.63) is 30.1 Å². The van der Waals surface area contributed by atoms with E-state index in [9.17, 15) is 4.39 Å². The van der Waals surface area contributed by atoms with Crippen LogP contribution in [-0.4, -0.2) is 21.6 Å². The average Bonchev–Trinajstić information content (AvgIpc) is 2.38. The summed E-state index contributed by atoms with van der Waals surface area (Å²) in [6.07, 6.45) is 0.801. The predicted molar refractivity (Wildman–Crippen MR) is 66.5 cm³/mol. The van der Waals surface area contributed by atoms with Gasteiger partial charge in [-0.3, -0.25) is 0 Å². The fourth-order valence-corrected chi connectivity index (χ4v) is 1.28. The number of nitrogens with zero attached hydrogens (tertiary/aromatic N) is 3. The molecule has 0 unspecified atom stereocenters. The van der Waals surface area contributed by atoms with Gasteiger partial charge in [0.25, 0.3) is 0 Å². The fourth-order valence-electron chi connectivity index (χ4n) is 1.28. The highest BCUT2D eigenvalue weighted by molar-refractivity contribution is 5.28. The van der Waals surface area contributed by atoms with Crippen molar-refractivity contribution < 1.29 is 13.9 Å². The molecule has 0 aliphatic carbocycles. The molecule has 0 amide bonds. The van der Waals surface area contributed by atoms with Crippen molar-refractivity contribution in [1.82, 2.24) is 15.0 Å². The van der Waals surface area contributed by atoms with Crippen LogP contribution in [0, 0.1) is 5.82 Å². The molecule has 19 heavy (non-hydrogen) atoms. The van der Waals surface area contributed by atoms with E-state index in [-0.39, 0.29) is 23.7 Å². The van der Waals surface area contributed by atoms with Crippen LogP contribution < -0.4 is 15.2 Å². The minimum atomic E-state index is -0.516. The molecule has 0 saturated carbocycles. The van der Waals surface area contributed by atoms with Gasteiger partial charge in [0.2, 0.25) is 5.95 Å². The number of nitrogen functional groups attached to an aromatic ring is 1. The number of halogens is 1. The van der Waals surface area contributed by atoms with Crippen LogP contribution in [0.15, 0.2) is 24.3 Å². The number of benzene rings is 1. The molecule has 2 N–H and O–H groups in total. The molecule has 2 aromatic rings. The van der Waals surface area contributed by atoms with Crippen LogP contribution in [0.4, 0.5) is 10.3 Å². The SMILES string of the molecule is CCCOc1nc(N)nc(Oc2ccccc2F)n1. The van der Waals surface area contributed by atoms with Crippen LogP contribution >= 0.6 is 0 Å². The largest absolute Gasteiger partial charge is 0.463 e. The third-order valence-electron chi connectivity index (χ3n) is 2.08. The summed E-state index contributed by atoms with van der Waals surface area (Å²) in [5.41, 5.74) is 5.51. The van der Waals surface area contributed by atoms with E-state index in [0.29, 0.717) is 6.61 Å². The van der Waals surface area contributed by atoms with E-state index in [1.165, 1.54) is 12.1 Å². The Kier molecular flexibility index (Phi) is 4.07. The Morgan fingerprint density at radius 1 is 1.16 bits per heavy atom. The first kappa shape index (κ1) is 13.0. The highest BCUT2D eigenvalue weighted by Gasteiger charge is 2.10. The number of ether oxygens (including phenoxy) is 2. The molecule has 6 nitrogen and oxygen atoms in total. The molecule has 0 aliphatic heterocycles. The molecule has 0 bridgehead atoms. The lowest BCUT2D eigenvalue weighted by Gasteiger charge is -2.07. The van der Waals surface area contributed by atoms with E-state index >= 15 is 0 Å². The zero-order valence-corrected chi connectivity index (χ0v) is 10.3. The van der Waals surface area contributed by atoms with Gasteiger partial charge < -0.3 is 15.2 Å². The first-order valence-electron chi connectivity index (χ1n) is 5.75. The first-order valence-corrected chi connectivity index (χ1v) is 5.75. The Balaban J connectivity index is 2.20. The quantitative estimate of drug-likeness (QED) is 0.891. The summed E-state index contributed by atoms with van der Waals surface area (Å²) in [7, 11) is 0. The molecule has 0 saturated heterocycles. The lowest BCUT2D eigenvalue weighted by molar-refractivity contribution is 0.284. The van der Waals surface area contributed by atoms with Crippen molar-refractivity contribution in [3.8, 4) is 17.8 Å². The number of para-hydroxylation sites is 1. The number of nitrogens with two attached hydrogens (primary N) is 1. The predicted octanol–water partition coefficient (Wildman–Crippen LogP) is 2.17. The van der Waals surface area contributed by atoms with E-state index in [4.69, 9.17) is 15.2 Å². The maximum atomic E-state index is 13.4. The molecule has 2 rings (SSSR count). The molecule has 7 heteroatoms. The number of aromatic nitrogens is 3. The van der Waals surface area contributed by atoms with E-state index in [1.54, 1.807) is 12.1 Å². The molecule has 0 atom stereocenters. The van der Waals surface area contributed by atoms with Gasteiger partial charge in [-0.2, -0.15) is 9.97 Å². The van der Waals surface area contributed by atoms with Crippen LogP contribution in [0.2, 0.25) is 0 Å². The Hall–Kier alpha value is -2.44. The van der Waals surface area contributed by atoms with Crippen LogP contribution in [0.5, 0.6) is 17.8 Å². The number of hydrogen-bond acceptors (Lipinski definition) is 6. The zero-order valence-electron chi connectivity index (χ0n) is 10.3. The van der Waals surface area contributed by atoms with Crippen LogP contribution in [0.1, 0.15) is 13.3 Å². The Labute approximate surface area is 109 Å². The molecule has 1 heterocycles. The number of rotatable bonds is 5. The van der Waals surface area contributed by atoms with Crippen LogP contribution in [0.25, 0.3) is 0 Å². The summed E-state index contributed by atoms with van der Waals surface area (Å²) in [4.78, 5) is 11.5. The minimum absolute atomic E-state index is 0.00883. The van der Waals surface area contributed by atoms with E-state index < -0.39 is 5.82 Å². The van der Waals surface area contributed by atoms with Crippen molar-refractivity contribution in [3.63, 3.8) is 0 Å². The van der Waals surface area contributed by atoms with Gasteiger partial charge in [0.1, 0.15) is 0 Å². The van der Waals surface area contributed by atoms with Crippen LogP contribution in [-0.2, 0) is 0 Å². The van der Waals surface area contributed by atoms with Gasteiger partial charge in [-0.1, -0.05) is 19.1 Å². The lowest BCUT2D eigenvalue weighted by atomic mass is 10.3. The van der Waals surface area contributed by atoms with E-state index in [1.807, 2.05) is 6.92 Å². The van der Waals surface area contributed by atoms with Crippen LogP contribution in [0.3, 0.4) is 0 Å². The highest BCUT2D eigenvalue weighted by atomic mass is 19.1. The molecule has 1 aromatic carbocycles. The van der Waals surface area contributed by atoms with Crippen molar-refractivity contribution in [2.24, 2.45) is 0 Å². The molecule has 0 spiro atoms.